The summed E-state index contributed by atoms with van der Waals surface area (Å²) in [6.45, 7) is 1.63. The summed E-state index contributed by atoms with van der Waals surface area (Å²) in [5, 5.41) is 3.24. The van der Waals surface area contributed by atoms with Crippen LogP contribution < -0.4 is 5.32 Å². The summed E-state index contributed by atoms with van der Waals surface area (Å²) in [5.74, 6) is 0.494. The molecule has 0 bridgehead atoms. The summed E-state index contributed by atoms with van der Waals surface area (Å²) in [6, 6.07) is 5.83. The summed E-state index contributed by atoms with van der Waals surface area (Å²) >= 11 is 0. The molecule has 2 heterocycles. The van der Waals surface area contributed by atoms with Crippen LogP contribution in [0.5, 0.6) is 0 Å². The Bertz CT molecular complexity index is 310. The number of hydrogen-bond acceptors (Lipinski definition) is 3. The molecule has 0 saturated carbocycles. The van der Waals surface area contributed by atoms with E-state index in [-0.39, 0.29) is 5.92 Å². The minimum absolute atomic E-state index is 0.124. The maximum absolute atomic E-state index is 11.5. The number of piperidine rings is 1. The zero-order chi connectivity index (χ0) is 9.80. The van der Waals surface area contributed by atoms with Gasteiger partial charge in [0.25, 0.3) is 0 Å². The van der Waals surface area contributed by atoms with Gasteiger partial charge in [-0.15, -0.1) is 0 Å². The van der Waals surface area contributed by atoms with E-state index in [1.807, 2.05) is 18.2 Å². The smallest absolute Gasteiger partial charge is 0.138 e. The van der Waals surface area contributed by atoms with Gasteiger partial charge in [0.1, 0.15) is 5.78 Å². The van der Waals surface area contributed by atoms with Crippen molar-refractivity contribution in [3.8, 4) is 0 Å². The van der Waals surface area contributed by atoms with E-state index in [0.29, 0.717) is 12.2 Å². The lowest BCUT2D eigenvalue weighted by Crippen LogP contribution is -2.38. The predicted octanol–water partition coefficient (Wildman–Crippen LogP) is 0.803. The quantitative estimate of drug-likeness (QED) is 0.750. The van der Waals surface area contributed by atoms with Crippen molar-refractivity contribution in [1.29, 1.82) is 0 Å². The first-order chi connectivity index (χ1) is 6.86. The van der Waals surface area contributed by atoms with Gasteiger partial charge < -0.3 is 5.32 Å². The molecule has 0 amide bonds. The Labute approximate surface area is 83.5 Å². The highest BCUT2D eigenvalue weighted by Crippen LogP contribution is 2.11. The maximum Gasteiger partial charge on any atom is 0.138 e. The average Bonchev–Trinajstić information content (AvgIpc) is 2.23. The largest absolute Gasteiger partial charge is 0.316 e. The molecule has 0 spiro atoms. The van der Waals surface area contributed by atoms with Crippen molar-refractivity contribution in [2.75, 3.05) is 13.1 Å². The van der Waals surface area contributed by atoms with Crippen LogP contribution in [0, 0.1) is 5.92 Å². The van der Waals surface area contributed by atoms with Crippen LogP contribution in [0.3, 0.4) is 0 Å². The number of Topliss-reactive ketones (excluding diaryl/α,β-unsaturated/α-hetero) is 1. The molecule has 1 unspecified atom stereocenters. The second-order valence-corrected chi connectivity index (χ2v) is 3.64. The Hall–Kier alpha value is -1.22. The number of ketones is 1. The fourth-order valence-electron chi connectivity index (χ4n) is 1.76. The SMILES string of the molecule is O=C1CCNCC1Cc1ccccn1. The van der Waals surface area contributed by atoms with Crippen LogP contribution in [-0.2, 0) is 11.2 Å². The summed E-state index contributed by atoms with van der Waals surface area (Å²) < 4.78 is 0. The van der Waals surface area contributed by atoms with Crippen LogP contribution in [0.4, 0.5) is 0 Å². The molecule has 1 fully saturated rings. The van der Waals surface area contributed by atoms with Gasteiger partial charge in [-0.1, -0.05) is 6.07 Å². The Morgan fingerprint density at radius 3 is 3.14 bits per heavy atom. The summed E-state index contributed by atoms with van der Waals surface area (Å²) in [7, 11) is 0. The van der Waals surface area contributed by atoms with Crippen LogP contribution in [0.1, 0.15) is 12.1 Å². The lowest BCUT2D eigenvalue weighted by atomic mass is 9.93. The third kappa shape index (κ3) is 2.17. The fourth-order valence-corrected chi connectivity index (χ4v) is 1.76. The van der Waals surface area contributed by atoms with Crippen molar-refractivity contribution in [2.45, 2.75) is 12.8 Å². The zero-order valence-electron chi connectivity index (χ0n) is 8.07. The third-order valence-corrected chi connectivity index (χ3v) is 2.58. The summed E-state index contributed by atoms with van der Waals surface area (Å²) in [6.07, 6.45) is 3.21. The number of aromatic nitrogens is 1. The molecule has 0 radical (unpaired) electrons. The van der Waals surface area contributed by atoms with Crippen molar-refractivity contribution in [3.05, 3.63) is 30.1 Å². The van der Waals surface area contributed by atoms with Crippen LogP contribution in [0.2, 0.25) is 0 Å². The van der Waals surface area contributed by atoms with Crippen LogP contribution in [0.25, 0.3) is 0 Å². The number of hydrogen-bond donors (Lipinski definition) is 1. The van der Waals surface area contributed by atoms with Crippen molar-refractivity contribution < 1.29 is 4.79 Å². The monoisotopic (exact) mass is 190 g/mol. The molecule has 2 rings (SSSR count). The Morgan fingerprint density at radius 1 is 1.50 bits per heavy atom. The molecule has 14 heavy (non-hydrogen) atoms. The lowest BCUT2D eigenvalue weighted by molar-refractivity contribution is -0.123. The second kappa shape index (κ2) is 4.33. The molecule has 0 aromatic carbocycles. The maximum atomic E-state index is 11.5. The summed E-state index contributed by atoms with van der Waals surface area (Å²) in [4.78, 5) is 15.8. The Balaban J connectivity index is 2.00. The van der Waals surface area contributed by atoms with Crippen molar-refractivity contribution in [2.24, 2.45) is 5.92 Å². The van der Waals surface area contributed by atoms with E-state index in [2.05, 4.69) is 10.3 Å². The Morgan fingerprint density at radius 2 is 2.43 bits per heavy atom. The fraction of sp³-hybridized carbons (Fsp3) is 0.455. The van der Waals surface area contributed by atoms with Crippen molar-refractivity contribution in [3.63, 3.8) is 0 Å². The van der Waals surface area contributed by atoms with E-state index in [0.717, 1.165) is 25.2 Å². The molecule has 74 valence electrons. The van der Waals surface area contributed by atoms with Crippen LogP contribution in [-0.4, -0.2) is 23.9 Å². The van der Waals surface area contributed by atoms with Gasteiger partial charge in [0.15, 0.2) is 0 Å². The second-order valence-electron chi connectivity index (χ2n) is 3.64. The predicted molar refractivity (Wildman–Crippen MR) is 53.9 cm³/mol. The number of nitrogens with zero attached hydrogens (tertiary/aromatic N) is 1. The number of carbonyl (C=O) groups excluding carboxylic acids is 1. The van der Waals surface area contributed by atoms with Gasteiger partial charge in [0, 0.05) is 43.7 Å². The summed E-state index contributed by atoms with van der Waals surface area (Å²) in [5.41, 5.74) is 1.01. The van der Waals surface area contributed by atoms with Gasteiger partial charge in [-0.3, -0.25) is 9.78 Å². The van der Waals surface area contributed by atoms with Gasteiger partial charge in [0.05, 0.1) is 0 Å². The van der Waals surface area contributed by atoms with Crippen LogP contribution in [0.15, 0.2) is 24.4 Å². The van der Waals surface area contributed by atoms with Crippen LogP contribution >= 0.6 is 0 Å². The van der Waals surface area contributed by atoms with E-state index in [1.54, 1.807) is 6.20 Å². The minimum Gasteiger partial charge on any atom is -0.316 e. The normalized spacial score (nSPS) is 22.3. The van der Waals surface area contributed by atoms with Gasteiger partial charge in [-0.25, -0.2) is 0 Å². The van der Waals surface area contributed by atoms with Gasteiger partial charge in [-0.05, 0) is 12.1 Å². The topological polar surface area (TPSA) is 42.0 Å². The van der Waals surface area contributed by atoms with E-state index in [1.165, 1.54) is 0 Å². The highest BCUT2D eigenvalue weighted by molar-refractivity contribution is 5.82. The van der Waals surface area contributed by atoms with Gasteiger partial charge in [0.2, 0.25) is 0 Å². The highest BCUT2D eigenvalue weighted by Gasteiger charge is 2.22. The molecule has 3 nitrogen and oxygen atoms in total. The molecule has 1 aliphatic rings. The molecule has 1 atom stereocenters. The first kappa shape index (κ1) is 9.34. The molecule has 1 aromatic rings. The molecule has 3 heteroatoms. The van der Waals surface area contributed by atoms with E-state index in [9.17, 15) is 4.79 Å². The third-order valence-electron chi connectivity index (χ3n) is 2.58. The van der Waals surface area contributed by atoms with E-state index < -0.39 is 0 Å². The van der Waals surface area contributed by atoms with E-state index in [4.69, 9.17) is 0 Å². The molecule has 1 aliphatic heterocycles. The van der Waals surface area contributed by atoms with E-state index >= 15 is 0 Å². The molecular formula is C11H14N2O. The zero-order valence-corrected chi connectivity index (χ0v) is 8.07. The lowest BCUT2D eigenvalue weighted by Gasteiger charge is -2.20. The number of pyridine rings is 1. The average molecular weight is 190 g/mol. The van der Waals surface area contributed by atoms with Gasteiger partial charge >= 0.3 is 0 Å². The standard InChI is InChI=1S/C11H14N2O/c14-11-4-6-12-8-9(11)7-10-3-1-2-5-13-10/h1-3,5,9,12H,4,6-8H2. The first-order valence-corrected chi connectivity index (χ1v) is 4.99. The molecule has 1 aromatic heterocycles. The number of rotatable bonds is 2. The molecule has 1 saturated heterocycles. The molecular weight excluding hydrogens is 176 g/mol. The molecule has 1 N–H and O–H groups in total. The number of nitrogens with one attached hydrogen (secondary N) is 1. The van der Waals surface area contributed by atoms with Crippen molar-refractivity contribution in [1.82, 2.24) is 10.3 Å². The highest BCUT2D eigenvalue weighted by atomic mass is 16.1. The Kier molecular flexibility index (Phi) is 2.89. The minimum atomic E-state index is 0.124. The van der Waals surface area contributed by atoms with Gasteiger partial charge in [-0.2, -0.15) is 0 Å². The first-order valence-electron chi connectivity index (χ1n) is 4.99. The molecule has 0 aliphatic carbocycles. The van der Waals surface area contributed by atoms with Crippen molar-refractivity contribution >= 4 is 5.78 Å². The number of carbonyl (C=O) groups is 1.